The number of carbonyl (C=O) groups excluding carboxylic acids is 1. The van der Waals surface area contributed by atoms with Crippen LogP contribution in [0.25, 0.3) is 11.0 Å². The average Bonchev–Trinajstić information content (AvgIpc) is 3.41. The van der Waals surface area contributed by atoms with Crippen molar-refractivity contribution in [3.63, 3.8) is 0 Å². The quantitative estimate of drug-likeness (QED) is 0.306. The summed E-state index contributed by atoms with van der Waals surface area (Å²) >= 11 is 0. The third-order valence-corrected chi connectivity index (χ3v) is 6.65. The van der Waals surface area contributed by atoms with Crippen LogP contribution < -0.4 is 9.64 Å². The maximum Gasteiger partial charge on any atom is 0.227 e. The molecule has 5 nitrogen and oxygen atoms in total. The first-order valence-corrected chi connectivity index (χ1v) is 12.1. The van der Waals surface area contributed by atoms with E-state index in [1.807, 2.05) is 41.3 Å². The van der Waals surface area contributed by atoms with Crippen molar-refractivity contribution >= 4 is 22.6 Å². The molecule has 1 saturated heterocycles. The lowest BCUT2D eigenvalue weighted by Gasteiger charge is -2.19. The highest BCUT2D eigenvalue weighted by Gasteiger charge is 2.35. The standard InChI is InChI=1S/C29H31N3O2/c1-21-13-15-24(16-14-21)34-18-8-7-17-31-27-12-6-4-10-25(27)30-29(31)23-19-28(33)32(20-23)26-11-5-3-9-22(26)2/h3-6,9-16,23H,7-8,17-20H2,1-2H3/t23-/m1/s1. The van der Waals surface area contributed by atoms with Gasteiger partial charge in [0.2, 0.25) is 5.91 Å². The normalized spacial score (nSPS) is 15.9. The lowest BCUT2D eigenvalue weighted by Crippen LogP contribution is -2.25. The number of para-hydroxylation sites is 3. The molecule has 1 aliphatic heterocycles. The Morgan fingerprint density at radius 1 is 0.941 bits per heavy atom. The van der Waals surface area contributed by atoms with Crippen LogP contribution >= 0.6 is 0 Å². The second kappa shape index (κ2) is 9.72. The first kappa shape index (κ1) is 22.2. The van der Waals surface area contributed by atoms with Crippen LogP contribution in [0.1, 0.15) is 42.1 Å². The number of amides is 1. The average molecular weight is 454 g/mol. The molecule has 0 saturated carbocycles. The van der Waals surface area contributed by atoms with Crippen LogP contribution in [0.5, 0.6) is 5.75 Å². The summed E-state index contributed by atoms with van der Waals surface area (Å²) in [7, 11) is 0. The number of hydrogen-bond acceptors (Lipinski definition) is 3. The van der Waals surface area contributed by atoms with E-state index in [1.54, 1.807) is 0 Å². The minimum Gasteiger partial charge on any atom is -0.494 e. The molecular formula is C29H31N3O2. The summed E-state index contributed by atoms with van der Waals surface area (Å²) in [4.78, 5) is 19.9. The Bertz CT molecular complexity index is 1290. The lowest BCUT2D eigenvalue weighted by atomic mass is 10.1. The second-order valence-corrected chi connectivity index (χ2v) is 9.17. The number of carbonyl (C=O) groups is 1. The first-order chi connectivity index (χ1) is 16.6. The number of unbranched alkanes of at least 4 members (excludes halogenated alkanes) is 1. The van der Waals surface area contributed by atoms with Gasteiger partial charge in [0.25, 0.3) is 0 Å². The van der Waals surface area contributed by atoms with Gasteiger partial charge in [0.15, 0.2) is 0 Å². The Morgan fingerprint density at radius 3 is 2.53 bits per heavy atom. The van der Waals surface area contributed by atoms with Gasteiger partial charge in [0.1, 0.15) is 11.6 Å². The number of nitrogens with zero attached hydrogens (tertiary/aromatic N) is 3. The van der Waals surface area contributed by atoms with Crippen LogP contribution in [0, 0.1) is 13.8 Å². The molecule has 2 heterocycles. The molecule has 0 N–H and O–H groups in total. The van der Waals surface area contributed by atoms with Crippen molar-refractivity contribution in [2.24, 2.45) is 0 Å². The summed E-state index contributed by atoms with van der Waals surface area (Å²) in [5.74, 6) is 2.19. The predicted molar refractivity (Wildman–Crippen MR) is 137 cm³/mol. The number of aryl methyl sites for hydroxylation is 3. The van der Waals surface area contributed by atoms with Crippen molar-refractivity contribution < 1.29 is 9.53 Å². The molecule has 0 unspecified atom stereocenters. The Labute approximate surface area is 201 Å². The number of hydrogen-bond donors (Lipinski definition) is 0. The minimum atomic E-state index is 0.0864. The van der Waals surface area contributed by atoms with Crippen molar-refractivity contribution in [2.45, 2.75) is 45.6 Å². The summed E-state index contributed by atoms with van der Waals surface area (Å²) in [5, 5.41) is 0. The molecule has 0 bridgehead atoms. The van der Waals surface area contributed by atoms with E-state index in [0.717, 1.165) is 53.2 Å². The predicted octanol–water partition coefficient (Wildman–Crippen LogP) is 6.03. The number of benzene rings is 3. The largest absolute Gasteiger partial charge is 0.494 e. The monoisotopic (exact) mass is 453 g/mol. The number of aromatic nitrogens is 2. The second-order valence-electron chi connectivity index (χ2n) is 9.17. The Kier molecular flexibility index (Phi) is 6.35. The fraction of sp³-hybridized carbons (Fsp3) is 0.310. The summed E-state index contributed by atoms with van der Waals surface area (Å²) in [5.41, 5.74) is 5.50. The van der Waals surface area contributed by atoms with Gasteiger partial charge in [-0.15, -0.1) is 0 Å². The van der Waals surface area contributed by atoms with Crippen LogP contribution in [-0.4, -0.2) is 28.6 Å². The van der Waals surface area contributed by atoms with Crippen LogP contribution in [-0.2, 0) is 11.3 Å². The highest BCUT2D eigenvalue weighted by Crippen LogP contribution is 2.34. The lowest BCUT2D eigenvalue weighted by molar-refractivity contribution is -0.117. The molecule has 1 amide bonds. The summed E-state index contributed by atoms with van der Waals surface area (Å²) in [6, 6.07) is 24.6. The summed E-state index contributed by atoms with van der Waals surface area (Å²) in [6.45, 7) is 6.36. The number of imidazole rings is 1. The van der Waals surface area contributed by atoms with Crippen molar-refractivity contribution in [2.75, 3.05) is 18.1 Å². The molecule has 34 heavy (non-hydrogen) atoms. The van der Waals surface area contributed by atoms with Gasteiger partial charge in [0.05, 0.1) is 17.6 Å². The molecule has 1 aliphatic rings. The van der Waals surface area contributed by atoms with Crippen molar-refractivity contribution in [3.05, 3.63) is 89.7 Å². The van der Waals surface area contributed by atoms with Gasteiger partial charge in [-0.05, 0) is 62.6 Å². The molecule has 0 spiro atoms. The molecule has 1 fully saturated rings. The van der Waals surface area contributed by atoms with E-state index >= 15 is 0 Å². The Hall–Kier alpha value is -3.60. The smallest absolute Gasteiger partial charge is 0.227 e. The number of ether oxygens (including phenoxy) is 1. The van der Waals surface area contributed by atoms with Gasteiger partial charge in [-0.1, -0.05) is 48.0 Å². The van der Waals surface area contributed by atoms with Gasteiger partial charge in [0, 0.05) is 31.1 Å². The molecule has 1 aromatic heterocycles. The fourth-order valence-electron chi connectivity index (χ4n) is 4.82. The van der Waals surface area contributed by atoms with Crippen molar-refractivity contribution in [1.82, 2.24) is 9.55 Å². The molecule has 0 radical (unpaired) electrons. The molecule has 174 valence electrons. The van der Waals surface area contributed by atoms with E-state index < -0.39 is 0 Å². The Balaban J connectivity index is 1.30. The fourth-order valence-corrected chi connectivity index (χ4v) is 4.82. The van der Waals surface area contributed by atoms with E-state index in [4.69, 9.17) is 9.72 Å². The van der Waals surface area contributed by atoms with E-state index in [0.29, 0.717) is 19.6 Å². The van der Waals surface area contributed by atoms with E-state index in [9.17, 15) is 4.79 Å². The summed E-state index contributed by atoms with van der Waals surface area (Å²) < 4.78 is 8.23. The highest BCUT2D eigenvalue weighted by atomic mass is 16.5. The van der Waals surface area contributed by atoms with Crippen LogP contribution in [0.15, 0.2) is 72.8 Å². The first-order valence-electron chi connectivity index (χ1n) is 12.1. The molecule has 5 heteroatoms. The van der Waals surface area contributed by atoms with Gasteiger partial charge in [-0.25, -0.2) is 4.98 Å². The van der Waals surface area contributed by atoms with Crippen LogP contribution in [0.4, 0.5) is 5.69 Å². The number of rotatable bonds is 8. The zero-order valence-corrected chi connectivity index (χ0v) is 19.9. The third-order valence-electron chi connectivity index (χ3n) is 6.65. The van der Waals surface area contributed by atoms with Crippen LogP contribution in [0.2, 0.25) is 0 Å². The molecule has 5 rings (SSSR count). The van der Waals surface area contributed by atoms with Gasteiger partial charge < -0.3 is 14.2 Å². The Morgan fingerprint density at radius 2 is 1.71 bits per heavy atom. The zero-order valence-electron chi connectivity index (χ0n) is 19.9. The van der Waals surface area contributed by atoms with Crippen LogP contribution in [0.3, 0.4) is 0 Å². The van der Waals surface area contributed by atoms with Crippen molar-refractivity contribution in [3.8, 4) is 5.75 Å². The SMILES string of the molecule is Cc1ccc(OCCCCn2c([C@@H]3CC(=O)N(c4ccccc4C)C3)nc3ccccc32)cc1. The molecular weight excluding hydrogens is 422 g/mol. The third kappa shape index (κ3) is 4.56. The molecule has 4 aromatic rings. The van der Waals surface area contributed by atoms with Gasteiger partial charge in [-0.2, -0.15) is 0 Å². The van der Waals surface area contributed by atoms with Gasteiger partial charge in [-0.3, -0.25) is 4.79 Å². The maximum absolute atomic E-state index is 13.0. The molecule has 0 aliphatic carbocycles. The maximum atomic E-state index is 13.0. The summed E-state index contributed by atoms with van der Waals surface area (Å²) in [6.07, 6.45) is 2.44. The molecule has 1 atom stereocenters. The number of anilines is 1. The van der Waals surface area contributed by atoms with E-state index in [2.05, 4.69) is 54.8 Å². The van der Waals surface area contributed by atoms with E-state index in [-0.39, 0.29) is 11.8 Å². The zero-order chi connectivity index (χ0) is 23.5. The minimum absolute atomic E-state index is 0.0864. The highest BCUT2D eigenvalue weighted by molar-refractivity contribution is 5.97. The van der Waals surface area contributed by atoms with Crippen molar-refractivity contribution in [1.29, 1.82) is 0 Å². The number of fused-ring (bicyclic) bond motifs is 1. The topological polar surface area (TPSA) is 47.4 Å². The molecule has 3 aromatic carbocycles. The van der Waals surface area contributed by atoms with E-state index in [1.165, 1.54) is 5.56 Å². The van der Waals surface area contributed by atoms with Gasteiger partial charge >= 0.3 is 0 Å².